The number of benzene rings is 2. The summed E-state index contributed by atoms with van der Waals surface area (Å²) in [6, 6.07) is 14.6. The van der Waals surface area contributed by atoms with Gasteiger partial charge >= 0.3 is 0 Å². The van der Waals surface area contributed by atoms with Gasteiger partial charge in [-0.1, -0.05) is 23.7 Å². The lowest BCUT2D eigenvalue weighted by Crippen LogP contribution is -2.21. The normalized spacial score (nSPS) is 10.4. The lowest BCUT2D eigenvalue weighted by atomic mass is 10.3. The third-order valence-electron chi connectivity index (χ3n) is 2.82. The van der Waals surface area contributed by atoms with E-state index in [1.54, 1.807) is 6.07 Å². The number of amides is 1. The molecule has 0 aliphatic carbocycles. The van der Waals surface area contributed by atoms with Gasteiger partial charge in [0.1, 0.15) is 5.75 Å². The average molecular weight is 319 g/mol. The molecule has 116 valence electrons. The molecule has 0 aromatic heterocycles. The topological polar surface area (TPSA) is 50.4 Å². The summed E-state index contributed by atoms with van der Waals surface area (Å²) in [7, 11) is 0. The van der Waals surface area contributed by atoms with Gasteiger partial charge in [0.25, 0.3) is 0 Å². The van der Waals surface area contributed by atoms with Gasteiger partial charge in [-0.2, -0.15) is 0 Å². The van der Waals surface area contributed by atoms with Crippen LogP contribution in [0.15, 0.2) is 48.5 Å². The second kappa shape index (κ2) is 7.71. The molecule has 0 radical (unpaired) electrons. The van der Waals surface area contributed by atoms with Crippen molar-refractivity contribution in [1.82, 2.24) is 0 Å². The van der Waals surface area contributed by atoms with Gasteiger partial charge in [-0.05, 0) is 50.2 Å². The molecule has 4 nitrogen and oxygen atoms in total. The molecule has 5 heteroatoms. The minimum atomic E-state index is -0.141. The van der Waals surface area contributed by atoms with Crippen LogP contribution in [-0.4, -0.2) is 18.6 Å². The van der Waals surface area contributed by atoms with Gasteiger partial charge in [0.05, 0.1) is 23.4 Å². The zero-order valence-corrected chi connectivity index (χ0v) is 13.4. The first kappa shape index (κ1) is 16.2. The predicted molar refractivity (Wildman–Crippen MR) is 90.8 cm³/mol. The Labute approximate surface area is 135 Å². The van der Waals surface area contributed by atoms with E-state index in [4.69, 9.17) is 16.3 Å². The molecule has 0 fully saturated rings. The van der Waals surface area contributed by atoms with Crippen LogP contribution in [0, 0.1) is 0 Å². The molecule has 0 saturated carbocycles. The van der Waals surface area contributed by atoms with Crippen LogP contribution < -0.4 is 15.4 Å². The zero-order valence-electron chi connectivity index (χ0n) is 12.6. The van der Waals surface area contributed by atoms with Gasteiger partial charge in [-0.15, -0.1) is 0 Å². The van der Waals surface area contributed by atoms with E-state index in [2.05, 4.69) is 10.6 Å². The lowest BCUT2D eigenvalue weighted by Gasteiger charge is -2.11. The van der Waals surface area contributed by atoms with Crippen molar-refractivity contribution in [2.75, 3.05) is 17.2 Å². The number of hydrogen-bond acceptors (Lipinski definition) is 3. The number of para-hydroxylation sites is 1. The third kappa shape index (κ3) is 4.97. The van der Waals surface area contributed by atoms with Crippen LogP contribution in [-0.2, 0) is 4.79 Å². The standard InChI is InChI=1S/C17H19ClN2O2/c1-12(2)22-14-9-7-13(8-10-14)20-17(21)11-19-16-6-4-3-5-15(16)18/h3-10,12,19H,11H2,1-2H3,(H,20,21). The van der Waals surface area contributed by atoms with Crippen LogP contribution in [0.1, 0.15) is 13.8 Å². The first-order valence-corrected chi connectivity index (χ1v) is 7.47. The van der Waals surface area contributed by atoms with Gasteiger partial charge in [0, 0.05) is 5.69 Å². The Balaban J connectivity index is 1.85. The van der Waals surface area contributed by atoms with Crippen molar-refractivity contribution >= 4 is 28.9 Å². The number of hydrogen-bond donors (Lipinski definition) is 2. The molecule has 1 amide bonds. The van der Waals surface area contributed by atoms with Crippen LogP contribution in [0.3, 0.4) is 0 Å². The van der Waals surface area contributed by atoms with Crippen molar-refractivity contribution in [3.05, 3.63) is 53.6 Å². The monoisotopic (exact) mass is 318 g/mol. The summed E-state index contributed by atoms with van der Waals surface area (Å²) in [5, 5.41) is 6.40. The molecule has 2 rings (SSSR count). The van der Waals surface area contributed by atoms with E-state index in [0.717, 1.165) is 17.1 Å². The summed E-state index contributed by atoms with van der Waals surface area (Å²) in [4.78, 5) is 11.9. The second-order valence-corrected chi connectivity index (χ2v) is 5.48. The van der Waals surface area contributed by atoms with E-state index in [0.29, 0.717) is 5.02 Å². The van der Waals surface area contributed by atoms with Crippen LogP contribution >= 0.6 is 11.6 Å². The summed E-state index contributed by atoms with van der Waals surface area (Å²) in [5.74, 6) is 0.639. The van der Waals surface area contributed by atoms with Gasteiger partial charge in [0.2, 0.25) is 5.91 Å². The molecule has 0 saturated heterocycles. The maximum absolute atomic E-state index is 11.9. The van der Waals surface area contributed by atoms with Gasteiger partial charge in [0.15, 0.2) is 0 Å². The Morgan fingerprint density at radius 2 is 1.82 bits per heavy atom. The van der Waals surface area contributed by atoms with E-state index < -0.39 is 0 Å². The number of rotatable bonds is 6. The van der Waals surface area contributed by atoms with Crippen LogP contribution in [0.2, 0.25) is 5.02 Å². The first-order valence-electron chi connectivity index (χ1n) is 7.09. The number of ether oxygens (including phenoxy) is 1. The van der Waals surface area contributed by atoms with Crippen LogP contribution in [0.25, 0.3) is 0 Å². The van der Waals surface area contributed by atoms with Crippen molar-refractivity contribution in [3.63, 3.8) is 0 Å². The van der Waals surface area contributed by atoms with Crippen molar-refractivity contribution in [2.45, 2.75) is 20.0 Å². The minimum absolute atomic E-state index is 0.125. The highest BCUT2D eigenvalue weighted by atomic mass is 35.5. The van der Waals surface area contributed by atoms with Gasteiger partial charge < -0.3 is 15.4 Å². The minimum Gasteiger partial charge on any atom is -0.491 e. The highest BCUT2D eigenvalue weighted by Gasteiger charge is 2.05. The smallest absolute Gasteiger partial charge is 0.243 e. The molecular formula is C17H19ClN2O2. The third-order valence-corrected chi connectivity index (χ3v) is 3.15. The maximum Gasteiger partial charge on any atom is 0.243 e. The number of carbonyl (C=O) groups excluding carboxylic acids is 1. The highest BCUT2D eigenvalue weighted by Crippen LogP contribution is 2.20. The molecule has 22 heavy (non-hydrogen) atoms. The molecule has 0 bridgehead atoms. The summed E-state index contributed by atoms with van der Waals surface area (Å²) in [6.45, 7) is 4.08. The number of carbonyl (C=O) groups is 1. The molecule has 0 atom stereocenters. The number of halogens is 1. The van der Waals surface area contributed by atoms with E-state index in [1.165, 1.54) is 0 Å². The van der Waals surface area contributed by atoms with Crippen molar-refractivity contribution < 1.29 is 9.53 Å². The quantitative estimate of drug-likeness (QED) is 0.840. The zero-order chi connectivity index (χ0) is 15.9. The molecule has 0 heterocycles. The fourth-order valence-corrected chi connectivity index (χ4v) is 2.08. The van der Waals surface area contributed by atoms with Gasteiger partial charge in [-0.3, -0.25) is 4.79 Å². The van der Waals surface area contributed by atoms with E-state index >= 15 is 0 Å². The number of nitrogens with one attached hydrogen (secondary N) is 2. The average Bonchev–Trinajstić information content (AvgIpc) is 2.48. The van der Waals surface area contributed by atoms with Crippen molar-refractivity contribution in [3.8, 4) is 5.75 Å². The van der Waals surface area contributed by atoms with E-state index in [1.807, 2.05) is 56.3 Å². The summed E-state index contributed by atoms with van der Waals surface area (Å²) in [5.41, 5.74) is 1.46. The molecule has 2 aromatic rings. The maximum atomic E-state index is 11.9. The first-order chi connectivity index (χ1) is 10.5. The van der Waals surface area contributed by atoms with E-state index in [9.17, 15) is 4.79 Å². The van der Waals surface area contributed by atoms with Crippen LogP contribution in [0.5, 0.6) is 5.75 Å². The SMILES string of the molecule is CC(C)Oc1ccc(NC(=O)CNc2ccccc2Cl)cc1. The molecule has 0 unspecified atom stereocenters. The molecule has 2 aromatic carbocycles. The fraction of sp³-hybridized carbons (Fsp3) is 0.235. The highest BCUT2D eigenvalue weighted by molar-refractivity contribution is 6.33. The predicted octanol–water partition coefficient (Wildman–Crippen LogP) is 4.18. The Morgan fingerprint density at radius 3 is 2.45 bits per heavy atom. The van der Waals surface area contributed by atoms with Crippen molar-refractivity contribution in [2.24, 2.45) is 0 Å². The largest absolute Gasteiger partial charge is 0.491 e. The van der Waals surface area contributed by atoms with Gasteiger partial charge in [-0.25, -0.2) is 0 Å². The molecule has 0 spiro atoms. The Bertz CT molecular complexity index is 627. The Morgan fingerprint density at radius 1 is 1.14 bits per heavy atom. The summed E-state index contributed by atoms with van der Waals surface area (Å²) < 4.78 is 5.55. The van der Waals surface area contributed by atoms with E-state index in [-0.39, 0.29) is 18.6 Å². The number of anilines is 2. The lowest BCUT2D eigenvalue weighted by molar-refractivity contribution is -0.114. The molecule has 0 aliphatic heterocycles. The fourth-order valence-electron chi connectivity index (χ4n) is 1.87. The van der Waals surface area contributed by atoms with Crippen molar-refractivity contribution in [1.29, 1.82) is 0 Å². The Hall–Kier alpha value is -2.20. The van der Waals surface area contributed by atoms with Crippen LogP contribution in [0.4, 0.5) is 11.4 Å². The Kier molecular flexibility index (Phi) is 5.67. The molecule has 0 aliphatic rings. The second-order valence-electron chi connectivity index (χ2n) is 5.07. The molecular weight excluding hydrogens is 300 g/mol. The molecule has 2 N–H and O–H groups in total. The summed E-state index contributed by atoms with van der Waals surface area (Å²) >= 11 is 6.02. The summed E-state index contributed by atoms with van der Waals surface area (Å²) in [6.07, 6.45) is 0.125.